The lowest BCUT2D eigenvalue weighted by Crippen LogP contribution is -2.50. The fourth-order valence-corrected chi connectivity index (χ4v) is 2.20. The highest BCUT2D eigenvalue weighted by atomic mass is 16.2. The molecule has 2 aromatic rings. The van der Waals surface area contributed by atoms with Crippen LogP contribution in [0.2, 0.25) is 0 Å². The van der Waals surface area contributed by atoms with E-state index in [-0.39, 0.29) is 46.6 Å². The molecule has 138 valence electrons. The zero-order chi connectivity index (χ0) is 19.3. The largest absolute Gasteiger partial charge is 0.349 e. The minimum Gasteiger partial charge on any atom is -0.349 e. The topological polar surface area (TPSA) is 117 Å². The summed E-state index contributed by atoms with van der Waals surface area (Å²) in [5.74, 6) is -0.738. The van der Waals surface area contributed by atoms with Crippen LogP contribution in [0.3, 0.4) is 0 Å². The molecule has 0 aliphatic carbocycles. The molecule has 8 heteroatoms. The van der Waals surface area contributed by atoms with Gasteiger partial charge in [-0.15, -0.1) is 0 Å². The summed E-state index contributed by atoms with van der Waals surface area (Å²) >= 11 is 0. The predicted molar refractivity (Wildman–Crippen MR) is 96.9 cm³/mol. The number of carbonyl (C=O) groups is 2. The standard InChI is InChI=1S/C18H23N5O3/c1-11-8-21-13(9-20-11)17(26)22-10-14(18(2,3)4)23-16(25)12-5-6-19-15(24)7-12/h5-9,14H,10H2,1-4H3,(H,19,24)(H,22,26)(H,23,25). The number of nitrogens with one attached hydrogen (secondary N) is 3. The van der Waals surface area contributed by atoms with Crippen LogP contribution in [0.25, 0.3) is 0 Å². The van der Waals surface area contributed by atoms with Gasteiger partial charge in [0.15, 0.2) is 0 Å². The van der Waals surface area contributed by atoms with E-state index >= 15 is 0 Å². The normalized spacial score (nSPS) is 12.3. The van der Waals surface area contributed by atoms with Gasteiger partial charge in [0.2, 0.25) is 5.56 Å². The Labute approximate surface area is 151 Å². The molecular formula is C18H23N5O3. The molecule has 26 heavy (non-hydrogen) atoms. The maximum absolute atomic E-state index is 12.4. The van der Waals surface area contributed by atoms with Crippen LogP contribution in [-0.2, 0) is 0 Å². The first-order valence-electron chi connectivity index (χ1n) is 8.23. The number of hydrogen-bond acceptors (Lipinski definition) is 5. The molecule has 0 aliphatic heterocycles. The molecule has 0 radical (unpaired) electrons. The van der Waals surface area contributed by atoms with Crippen molar-refractivity contribution in [1.29, 1.82) is 0 Å². The molecule has 1 unspecified atom stereocenters. The quantitative estimate of drug-likeness (QED) is 0.739. The van der Waals surface area contributed by atoms with Gasteiger partial charge in [-0.05, 0) is 18.4 Å². The van der Waals surface area contributed by atoms with Crippen molar-refractivity contribution < 1.29 is 9.59 Å². The number of H-pyrrole nitrogens is 1. The zero-order valence-corrected chi connectivity index (χ0v) is 15.3. The maximum atomic E-state index is 12.4. The van der Waals surface area contributed by atoms with Crippen molar-refractivity contribution in [3.8, 4) is 0 Å². The van der Waals surface area contributed by atoms with Crippen LogP contribution in [0.4, 0.5) is 0 Å². The van der Waals surface area contributed by atoms with Crippen molar-refractivity contribution in [2.75, 3.05) is 6.54 Å². The van der Waals surface area contributed by atoms with Crippen LogP contribution in [-0.4, -0.2) is 39.4 Å². The van der Waals surface area contributed by atoms with Gasteiger partial charge in [0.1, 0.15) is 5.69 Å². The summed E-state index contributed by atoms with van der Waals surface area (Å²) in [5, 5.41) is 5.64. The zero-order valence-electron chi connectivity index (χ0n) is 15.3. The Morgan fingerprint density at radius 1 is 1.19 bits per heavy atom. The van der Waals surface area contributed by atoms with Gasteiger partial charge in [0.05, 0.1) is 17.9 Å². The lowest BCUT2D eigenvalue weighted by atomic mass is 9.86. The molecule has 0 aromatic carbocycles. The summed E-state index contributed by atoms with van der Waals surface area (Å²) < 4.78 is 0. The molecule has 2 heterocycles. The van der Waals surface area contributed by atoms with Crippen LogP contribution in [0.1, 0.15) is 47.3 Å². The van der Waals surface area contributed by atoms with Crippen molar-refractivity contribution in [3.05, 3.63) is 58.0 Å². The number of aryl methyl sites for hydroxylation is 1. The summed E-state index contributed by atoms with van der Waals surface area (Å²) in [7, 11) is 0. The van der Waals surface area contributed by atoms with Crippen molar-refractivity contribution >= 4 is 11.8 Å². The SMILES string of the molecule is Cc1cnc(C(=O)NCC(NC(=O)c2cc[nH]c(=O)c2)C(C)(C)C)cn1. The van der Waals surface area contributed by atoms with Crippen LogP contribution in [0.5, 0.6) is 0 Å². The second kappa shape index (κ2) is 7.90. The Balaban J connectivity index is 2.05. The predicted octanol–water partition coefficient (Wildman–Crippen LogP) is 1.05. The van der Waals surface area contributed by atoms with E-state index in [0.717, 1.165) is 5.69 Å². The van der Waals surface area contributed by atoms with E-state index in [1.807, 2.05) is 20.8 Å². The van der Waals surface area contributed by atoms with Crippen LogP contribution in [0.15, 0.2) is 35.5 Å². The second-order valence-corrected chi connectivity index (χ2v) is 7.09. The molecule has 0 aliphatic rings. The van der Waals surface area contributed by atoms with Gasteiger partial charge < -0.3 is 15.6 Å². The fourth-order valence-electron chi connectivity index (χ4n) is 2.20. The third kappa shape index (κ3) is 5.23. The molecular weight excluding hydrogens is 334 g/mol. The van der Waals surface area contributed by atoms with Gasteiger partial charge >= 0.3 is 0 Å². The van der Waals surface area contributed by atoms with Gasteiger partial charge in [0.25, 0.3) is 11.8 Å². The molecule has 0 fully saturated rings. The third-order valence-corrected chi connectivity index (χ3v) is 3.87. The number of amides is 2. The Hall–Kier alpha value is -3.03. The van der Waals surface area contributed by atoms with E-state index in [1.54, 1.807) is 6.92 Å². The van der Waals surface area contributed by atoms with Gasteiger partial charge in [-0.2, -0.15) is 0 Å². The highest BCUT2D eigenvalue weighted by Gasteiger charge is 2.27. The summed E-state index contributed by atoms with van der Waals surface area (Å²) in [6, 6.07) is 2.41. The molecule has 0 bridgehead atoms. The molecule has 3 N–H and O–H groups in total. The Morgan fingerprint density at radius 3 is 2.50 bits per heavy atom. The lowest BCUT2D eigenvalue weighted by Gasteiger charge is -2.31. The molecule has 8 nitrogen and oxygen atoms in total. The van der Waals surface area contributed by atoms with E-state index in [4.69, 9.17) is 0 Å². The summed E-state index contributed by atoms with van der Waals surface area (Å²) in [6.45, 7) is 7.86. The van der Waals surface area contributed by atoms with Crippen molar-refractivity contribution in [2.24, 2.45) is 5.41 Å². The van der Waals surface area contributed by atoms with Gasteiger partial charge in [-0.3, -0.25) is 19.4 Å². The number of pyridine rings is 1. The number of nitrogens with zero attached hydrogens (tertiary/aromatic N) is 2. The second-order valence-electron chi connectivity index (χ2n) is 7.09. The molecule has 0 saturated heterocycles. The van der Waals surface area contributed by atoms with Crippen LogP contribution < -0.4 is 16.2 Å². The maximum Gasteiger partial charge on any atom is 0.271 e. The number of aromatic nitrogens is 3. The average molecular weight is 357 g/mol. The first kappa shape index (κ1) is 19.3. The Bertz CT molecular complexity index is 837. The highest BCUT2D eigenvalue weighted by molar-refractivity contribution is 5.94. The smallest absolute Gasteiger partial charge is 0.271 e. The van der Waals surface area contributed by atoms with Gasteiger partial charge in [0, 0.05) is 30.6 Å². The van der Waals surface area contributed by atoms with E-state index in [9.17, 15) is 14.4 Å². The van der Waals surface area contributed by atoms with Gasteiger partial charge in [-0.1, -0.05) is 20.8 Å². The summed E-state index contributed by atoms with van der Waals surface area (Å²) in [4.78, 5) is 46.5. The minimum atomic E-state index is -0.375. The molecule has 2 rings (SSSR count). The number of aromatic amines is 1. The van der Waals surface area contributed by atoms with Crippen molar-refractivity contribution in [3.63, 3.8) is 0 Å². The summed E-state index contributed by atoms with van der Waals surface area (Å²) in [6.07, 6.45) is 4.34. The Morgan fingerprint density at radius 2 is 1.92 bits per heavy atom. The minimum absolute atomic E-state index is 0.212. The van der Waals surface area contributed by atoms with Gasteiger partial charge in [-0.25, -0.2) is 4.98 Å². The molecule has 1 atom stereocenters. The summed E-state index contributed by atoms with van der Waals surface area (Å²) in [5.41, 5.74) is 0.529. The average Bonchev–Trinajstić information content (AvgIpc) is 2.57. The third-order valence-electron chi connectivity index (χ3n) is 3.87. The first-order valence-corrected chi connectivity index (χ1v) is 8.23. The van der Waals surface area contributed by atoms with Crippen LogP contribution in [0, 0.1) is 12.3 Å². The number of hydrogen-bond donors (Lipinski definition) is 3. The molecule has 2 amide bonds. The monoisotopic (exact) mass is 357 g/mol. The number of rotatable bonds is 5. The van der Waals surface area contributed by atoms with Crippen LogP contribution >= 0.6 is 0 Å². The lowest BCUT2D eigenvalue weighted by molar-refractivity contribution is 0.0869. The first-order chi connectivity index (χ1) is 12.2. The van der Waals surface area contributed by atoms with E-state index in [2.05, 4.69) is 25.6 Å². The Kier molecular flexibility index (Phi) is 5.86. The van der Waals surface area contributed by atoms with Crippen molar-refractivity contribution in [2.45, 2.75) is 33.7 Å². The molecule has 0 saturated carbocycles. The fraction of sp³-hybridized carbons (Fsp3) is 0.389. The highest BCUT2D eigenvalue weighted by Crippen LogP contribution is 2.19. The molecule has 2 aromatic heterocycles. The number of carbonyl (C=O) groups excluding carboxylic acids is 2. The van der Waals surface area contributed by atoms with E-state index < -0.39 is 0 Å². The van der Waals surface area contributed by atoms with E-state index in [0.29, 0.717) is 0 Å². The van der Waals surface area contributed by atoms with E-state index in [1.165, 1.54) is 30.7 Å². The van der Waals surface area contributed by atoms with Crippen molar-refractivity contribution in [1.82, 2.24) is 25.6 Å². The molecule has 0 spiro atoms.